The largest absolute Gasteiger partial charge is 0.496 e. The Morgan fingerprint density at radius 2 is 1.88 bits per heavy atom. The predicted octanol–water partition coefficient (Wildman–Crippen LogP) is 6.45. The van der Waals surface area contributed by atoms with Gasteiger partial charge in [-0.2, -0.15) is 0 Å². The van der Waals surface area contributed by atoms with Crippen LogP contribution in [0.25, 0.3) is 10.8 Å². The number of rotatable bonds is 9. The zero-order valence-corrected chi connectivity index (χ0v) is 19.2. The minimum Gasteiger partial charge on any atom is -0.496 e. The summed E-state index contributed by atoms with van der Waals surface area (Å²) in [5.74, 6) is -1.08. The molecular weight excluding hydrogens is 443 g/mol. The highest BCUT2D eigenvalue weighted by Gasteiger charge is 2.27. The molecule has 178 valence electrons. The Bertz CT molecular complexity index is 1250. The molecule has 0 saturated carbocycles. The number of ether oxygens (including phenoxy) is 3. The average Bonchev–Trinajstić information content (AvgIpc) is 2.84. The van der Waals surface area contributed by atoms with E-state index in [2.05, 4.69) is 10.7 Å². The Morgan fingerprint density at radius 1 is 1.15 bits per heavy atom. The third-order valence-corrected chi connectivity index (χ3v) is 5.28. The number of hydrogen-bond donors (Lipinski definition) is 2. The number of methoxy groups -OCH3 is 2. The predicted molar refractivity (Wildman–Crippen MR) is 127 cm³/mol. The zero-order valence-electron chi connectivity index (χ0n) is 19.2. The number of halogens is 1. The van der Waals surface area contributed by atoms with Gasteiger partial charge in [0, 0.05) is 12.0 Å². The molecule has 0 aliphatic heterocycles. The lowest BCUT2D eigenvalue weighted by molar-refractivity contribution is 0.0293. The van der Waals surface area contributed by atoms with Crippen molar-refractivity contribution in [1.29, 1.82) is 0 Å². The number of carbonyl (C=O) groups excluding carboxylic acids is 1. The summed E-state index contributed by atoms with van der Waals surface area (Å²) in [6, 6.07) is 10.00. The van der Waals surface area contributed by atoms with Crippen molar-refractivity contribution in [3.8, 4) is 11.5 Å². The molecule has 0 heterocycles. The number of esters is 1. The Hall–Kier alpha value is -3.98. The van der Waals surface area contributed by atoms with E-state index in [0.717, 1.165) is 5.57 Å². The molecule has 9 heteroatoms. The quantitative estimate of drug-likeness (QED) is 0.161. The number of nitrogens with one attached hydrogen (secondary N) is 1. The minimum atomic E-state index is -0.916. The standard InChI is InChI=1S/C25H25FN2O6/c1-14(2)9-12-20(34-25(29)15-7-5-6-8-17(15)26)16-13-21(32-3)22-18(27-30)10-11-19(28-31)23(22)24(16)33-4/h5-11,13,20,27,30H,12H2,1-4H3/t20-/m1/s1. The summed E-state index contributed by atoms with van der Waals surface area (Å²) in [5, 5.41) is 13.3. The van der Waals surface area contributed by atoms with E-state index in [1.54, 1.807) is 6.07 Å². The normalized spacial score (nSPS) is 11.5. The first-order valence-corrected chi connectivity index (χ1v) is 10.4. The lowest BCUT2D eigenvalue weighted by atomic mass is 9.96. The fourth-order valence-corrected chi connectivity index (χ4v) is 3.69. The number of allylic oxidation sites excluding steroid dienone is 1. The lowest BCUT2D eigenvalue weighted by Gasteiger charge is -2.23. The van der Waals surface area contributed by atoms with Gasteiger partial charge in [-0.15, -0.1) is 4.91 Å². The first-order valence-electron chi connectivity index (χ1n) is 10.4. The Kier molecular flexibility index (Phi) is 7.80. The highest BCUT2D eigenvalue weighted by Crippen LogP contribution is 2.48. The van der Waals surface area contributed by atoms with Crippen molar-refractivity contribution in [3.05, 3.63) is 76.0 Å². The van der Waals surface area contributed by atoms with Gasteiger partial charge < -0.3 is 14.2 Å². The van der Waals surface area contributed by atoms with Crippen LogP contribution in [-0.4, -0.2) is 25.4 Å². The summed E-state index contributed by atoms with van der Waals surface area (Å²) < 4.78 is 31.1. The van der Waals surface area contributed by atoms with Crippen molar-refractivity contribution >= 4 is 28.1 Å². The molecule has 0 fully saturated rings. The lowest BCUT2D eigenvalue weighted by Crippen LogP contribution is -2.14. The average molecular weight is 468 g/mol. The molecule has 34 heavy (non-hydrogen) atoms. The van der Waals surface area contributed by atoms with Crippen LogP contribution in [0.2, 0.25) is 0 Å². The van der Waals surface area contributed by atoms with Crippen molar-refractivity contribution < 1.29 is 28.6 Å². The van der Waals surface area contributed by atoms with Crippen LogP contribution >= 0.6 is 0 Å². The van der Waals surface area contributed by atoms with Gasteiger partial charge in [0.25, 0.3) is 0 Å². The van der Waals surface area contributed by atoms with Gasteiger partial charge in [-0.1, -0.05) is 23.8 Å². The maximum absolute atomic E-state index is 14.2. The SMILES string of the molecule is COc1cc([C@@H](CC=C(C)C)OC(=O)c2ccccc2F)c(OC)c2c(N=O)ccc(NO)c12. The first kappa shape index (κ1) is 24.7. The number of nitrogens with zero attached hydrogens (tertiary/aromatic N) is 1. The van der Waals surface area contributed by atoms with E-state index in [1.165, 1.54) is 50.6 Å². The van der Waals surface area contributed by atoms with Crippen molar-refractivity contribution in [2.45, 2.75) is 26.4 Å². The number of carbonyl (C=O) groups is 1. The molecular formula is C25H25FN2O6. The summed E-state index contributed by atoms with van der Waals surface area (Å²) >= 11 is 0. The van der Waals surface area contributed by atoms with Crippen LogP contribution in [0.1, 0.15) is 42.3 Å². The van der Waals surface area contributed by atoms with Gasteiger partial charge in [-0.3, -0.25) is 10.7 Å². The minimum absolute atomic E-state index is 0.0346. The van der Waals surface area contributed by atoms with E-state index in [9.17, 15) is 19.3 Å². The second-order valence-corrected chi connectivity index (χ2v) is 7.68. The third-order valence-electron chi connectivity index (χ3n) is 5.28. The monoisotopic (exact) mass is 468 g/mol. The summed E-state index contributed by atoms with van der Waals surface area (Å²) in [4.78, 5) is 24.5. The van der Waals surface area contributed by atoms with Gasteiger partial charge in [0.2, 0.25) is 0 Å². The topological polar surface area (TPSA) is 106 Å². The van der Waals surface area contributed by atoms with Crippen LogP contribution in [0, 0.1) is 10.7 Å². The van der Waals surface area contributed by atoms with E-state index in [4.69, 9.17) is 14.2 Å². The van der Waals surface area contributed by atoms with E-state index < -0.39 is 17.9 Å². The van der Waals surface area contributed by atoms with Crippen molar-refractivity contribution in [2.24, 2.45) is 5.18 Å². The zero-order chi connectivity index (χ0) is 24.8. The molecule has 0 radical (unpaired) electrons. The second kappa shape index (κ2) is 10.8. The molecule has 3 rings (SSSR count). The number of anilines is 1. The smallest absolute Gasteiger partial charge is 0.341 e. The maximum Gasteiger partial charge on any atom is 0.341 e. The molecule has 0 aliphatic carbocycles. The molecule has 1 atom stereocenters. The number of benzene rings is 3. The fraction of sp³-hybridized carbons (Fsp3) is 0.240. The van der Waals surface area contributed by atoms with Gasteiger partial charge in [0.15, 0.2) is 0 Å². The summed E-state index contributed by atoms with van der Waals surface area (Å²) in [6.45, 7) is 3.78. The summed E-state index contributed by atoms with van der Waals surface area (Å²) in [6.07, 6.45) is 1.19. The van der Waals surface area contributed by atoms with E-state index >= 15 is 0 Å². The summed E-state index contributed by atoms with van der Waals surface area (Å²) in [7, 11) is 2.82. The van der Waals surface area contributed by atoms with Crippen LogP contribution in [-0.2, 0) is 4.74 Å². The molecule has 0 aromatic heterocycles. The molecule has 2 N–H and O–H groups in total. The maximum atomic E-state index is 14.2. The first-order chi connectivity index (χ1) is 16.4. The fourth-order valence-electron chi connectivity index (χ4n) is 3.69. The van der Waals surface area contributed by atoms with Crippen LogP contribution in [0.15, 0.2) is 59.3 Å². The van der Waals surface area contributed by atoms with Crippen LogP contribution in [0.5, 0.6) is 11.5 Å². The molecule has 0 amide bonds. The highest BCUT2D eigenvalue weighted by atomic mass is 19.1. The number of nitroso groups, excluding NO2 is 1. The van der Waals surface area contributed by atoms with Crippen LogP contribution in [0.4, 0.5) is 15.8 Å². The summed E-state index contributed by atoms with van der Waals surface area (Å²) in [5.41, 5.74) is 3.52. The Balaban J connectivity index is 2.27. The van der Waals surface area contributed by atoms with Gasteiger partial charge in [-0.25, -0.2) is 9.18 Å². The van der Waals surface area contributed by atoms with E-state index in [1.807, 2.05) is 19.9 Å². The van der Waals surface area contributed by atoms with Gasteiger partial charge in [-0.05, 0) is 49.4 Å². The van der Waals surface area contributed by atoms with E-state index in [-0.39, 0.29) is 40.2 Å². The molecule has 8 nitrogen and oxygen atoms in total. The third kappa shape index (κ3) is 4.84. The van der Waals surface area contributed by atoms with Crippen LogP contribution in [0.3, 0.4) is 0 Å². The molecule has 3 aromatic rings. The molecule has 0 unspecified atom stereocenters. The van der Waals surface area contributed by atoms with Crippen LogP contribution < -0.4 is 15.0 Å². The van der Waals surface area contributed by atoms with Gasteiger partial charge in [0.05, 0.1) is 36.2 Å². The molecule has 0 spiro atoms. The van der Waals surface area contributed by atoms with Gasteiger partial charge >= 0.3 is 5.97 Å². The van der Waals surface area contributed by atoms with Crippen molar-refractivity contribution in [3.63, 3.8) is 0 Å². The molecule has 3 aromatic carbocycles. The molecule has 0 aliphatic rings. The number of fused-ring (bicyclic) bond motifs is 1. The highest BCUT2D eigenvalue weighted by molar-refractivity contribution is 6.08. The second-order valence-electron chi connectivity index (χ2n) is 7.68. The van der Waals surface area contributed by atoms with E-state index in [0.29, 0.717) is 10.9 Å². The van der Waals surface area contributed by atoms with Crippen molar-refractivity contribution in [1.82, 2.24) is 0 Å². The number of hydrogen-bond acceptors (Lipinski definition) is 8. The molecule has 0 bridgehead atoms. The molecule has 0 saturated heterocycles. The Morgan fingerprint density at radius 3 is 2.47 bits per heavy atom. The van der Waals surface area contributed by atoms with Crippen molar-refractivity contribution in [2.75, 3.05) is 19.7 Å². The van der Waals surface area contributed by atoms with Gasteiger partial charge in [0.1, 0.15) is 29.1 Å². The Labute approximate surface area is 195 Å².